The highest BCUT2D eigenvalue weighted by molar-refractivity contribution is 5.80. The quantitative estimate of drug-likeness (QED) is 0.475. The maximum atomic E-state index is 13.4. The van der Waals surface area contributed by atoms with Crippen molar-refractivity contribution in [3.8, 4) is 5.75 Å². The van der Waals surface area contributed by atoms with E-state index in [0.717, 1.165) is 12.1 Å². The topological polar surface area (TPSA) is 65.9 Å². The van der Waals surface area contributed by atoms with Crippen LogP contribution in [0.1, 0.15) is 25.5 Å². The summed E-state index contributed by atoms with van der Waals surface area (Å²) in [5, 5.41) is 16.1. The number of nitrogens with zero attached hydrogens (tertiary/aromatic N) is 1. The Balaban J connectivity index is 1.90. The minimum atomic E-state index is -0.915. The van der Waals surface area contributed by atoms with Gasteiger partial charge in [-0.1, -0.05) is 6.07 Å². The van der Waals surface area contributed by atoms with Gasteiger partial charge in [-0.05, 0) is 55.8 Å². The predicted molar refractivity (Wildman–Crippen MR) is 102 cm³/mol. The number of hydrogen-bond acceptors (Lipinski definition) is 3. The molecule has 0 saturated carbocycles. The highest BCUT2D eigenvalue weighted by Gasteiger charge is 2.12. The van der Waals surface area contributed by atoms with E-state index in [-0.39, 0.29) is 25.0 Å². The number of aliphatic hydroxyl groups excluding tert-OH is 1. The third-order valence-electron chi connectivity index (χ3n) is 3.86. The molecule has 0 amide bonds. The van der Waals surface area contributed by atoms with Crippen molar-refractivity contribution in [1.82, 2.24) is 10.6 Å². The minimum Gasteiger partial charge on any atom is -0.491 e. The summed E-state index contributed by atoms with van der Waals surface area (Å²) in [5.74, 6) is -1.32. The molecule has 2 aromatic rings. The molecule has 0 aliphatic rings. The molecule has 0 fully saturated rings. The zero-order valence-electron chi connectivity index (χ0n) is 15.8. The van der Waals surface area contributed by atoms with E-state index >= 15 is 0 Å². The second-order valence-electron chi connectivity index (χ2n) is 6.18. The molecule has 2 unspecified atom stereocenters. The normalized spacial score (nSPS) is 13.7. The van der Waals surface area contributed by atoms with E-state index < -0.39 is 17.7 Å². The van der Waals surface area contributed by atoms with Gasteiger partial charge in [-0.25, -0.2) is 13.2 Å². The van der Waals surface area contributed by atoms with Crippen molar-refractivity contribution in [2.75, 3.05) is 19.7 Å². The Kier molecular flexibility index (Phi) is 8.13. The third kappa shape index (κ3) is 6.77. The Bertz CT molecular complexity index is 785. The van der Waals surface area contributed by atoms with Gasteiger partial charge in [-0.15, -0.1) is 0 Å². The lowest BCUT2D eigenvalue weighted by atomic mass is 10.1. The number of aliphatic hydroxyl groups is 1. The first-order valence-corrected chi connectivity index (χ1v) is 8.95. The number of halogens is 3. The molecule has 5 nitrogen and oxygen atoms in total. The Morgan fingerprint density at radius 2 is 1.82 bits per heavy atom. The van der Waals surface area contributed by atoms with Crippen molar-refractivity contribution in [3.63, 3.8) is 0 Å². The van der Waals surface area contributed by atoms with Gasteiger partial charge < -0.3 is 20.5 Å². The van der Waals surface area contributed by atoms with E-state index in [1.54, 1.807) is 6.92 Å². The molecule has 0 aliphatic carbocycles. The summed E-state index contributed by atoms with van der Waals surface area (Å²) in [7, 11) is 0. The molecular formula is C20H24F3N3O2. The van der Waals surface area contributed by atoms with Gasteiger partial charge in [0.05, 0.1) is 12.6 Å². The first-order chi connectivity index (χ1) is 13.4. The molecule has 2 aromatic carbocycles. The monoisotopic (exact) mass is 395 g/mol. The number of nitrogens with one attached hydrogen (secondary N) is 2. The van der Waals surface area contributed by atoms with Gasteiger partial charge in [0, 0.05) is 6.54 Å². The van der Waals surface area contributed by atoms with E-state index in [4.69, 9.17) is 4.74 Å². The third-order valence-corrected chi connectivity index (χ3v) is 3.86. The Hall–Kier alpha value is -2.74. The van der Waals surface area contributed by atoms with Crippen LogP contribution in [0.5, 0.6) is 5.75 Å². The van der Waals surface area contributed by atoms with Crippen molar-refractivity contribution in [2.24, 2.45) is 4.99 Å². The SMILES string of the molecule is CCNC(=NCC(O)COc1ccc(F)cc1)NC(C)c1ccc(F)c(F)c1. The first-order valence-electron chi connectivity index (χ1n) is 8.95. The fraction of sp³-hybridized carbons (Fsp3) is 0.350. The van der Waals surface area contributed by atoms with Crippen molar-refractivity contribution in [2.45, 2.75) is 26.0 Å². The number of hydrogen-bond donors (Lipinski definition) is 3. The molecule has 28 heavy (non-hydrogen) atoms. The number of aliphatic imine (C=N–C) groups is 1. The lowest BCUT2D eigenvalue weighted by molar-refractivity contribution is 0.114. The standard InChI is InChI=1S/C20H24F3N3O2/c1-3-24-20(26-13(2)14-4-9-18(22)19(23)10-14)25-11-16(27)12-28-17-7-5-15(21)6-8-17/h4-10,13,16,27H,3,11-12H2,1-2H3,(H2,24,25,26). The van der Waals surface area contributed by atoms with Gasteiger partial charge in [0.15, 0.2) is 17.6 Å². The van der Waals surface area contributed by atoms with Crippen LogP contribution in [0.2, 0.25) is 0 Å². The molecule has 0 radical (unpaired) electrons. The zero-order valence-corrected chi connectivity index (χ0v) is 15.8. The Morgan fingerprint density at radius 1 is 1.11 bits per heavy atom. The molecule has 0 aromatic heterocycles. The highest BCUT2D eigenvalue weighted by atomic mass is 19.2. The van der Waals surface area contributed by atoms with E-state index in [0.29, 0.717) is 23.8 Å². The molecule has 8 heteroatoms. The molecule has 2 rings (SSSR count). The van der Waals surface area contributed by atoms with Crippen LogP contribution < -0.4 is 15.4 Å². The minimum absolute atomic E-state index is 0.00668. The maximum absolute atomic E-state index is 13.4. The fourth-order valence-corrected chi connectivity index (χ4v) is 2.36. The highest BCUT2D eigenvalue weighted by Crippen LogP contribution is 2.16. The van der Waals surface area contributed by atoms with Crippen LogP contribution in [-0.2, 0) is 0 Å². The van der Waals surface area contributed by atoms with Crippen molar-refractivity contribution < 1.29 is 23.0 Å². The average Bonchev–Trinajstić information content (AvgIpc) is 2.68. The number of rotatable bonds is 8. The van der Waals surface area contributed by atoms with Gasteiger partial charge >= 0.3 is 0 Å². The van der Waals surface area contributed by atoms with Crippen molar-refractivity contribution in [1.29, 1.82) is 0 Å². The van der Waals surface area contributed by atoms with Gasteiger partial charge in [0.1, 0.15) is 24.3 Å². The molecule has 0 spiro atoms. The summed E-state index contributed by atoms with van der Waals surface area (Å²) in [6, 6.07) is 8.84. The molecular weight excluding hydrogens is 371 g/mol. The fourth-order valence-electron chi connectivity index (χ4n) is 2.36. The molecule has 0 bridgehead atoms. The molecule has 2 atom stereocenters. The predicted octanol–water partition coefficient (Wildman–Crippen LogP) is 3.16. The van der Waals surface area contributed by atoms with E-state index in [9.17, 15) is 18.3 Å². The van der Waals surface area contributed by atoms with Gasteiger partial charge in [-0.2, -0.15) is 0 Å². The summed E-state index contributed by atoms with van der Waals surface area (Å²) in [6.07, 6.45) is -0.876. The number of ether oxygens (including phenoxy) is 1. The Morgan fingerprint density at radius 3 is 2.46 bits per heavy atom. The molecule has 0 saturated heterocycles. The van der Waals surface area contributed by atoms with Gasteiger partial charge in [0.25, 0.3) is 0 Å². The van der Waals surface area contributed by atoms with Crippen LogP contribution in [0.25, 0.3) is 0 Å². The van der Waals surface area contributed by atoms with Gasteiger partial charge in [0.2, 0.25) is 0 Å². The second kappa shape index (κ2) is 10.6. The van der Waals surface area contributed by atoms with Gasteiger partial charge in [-0.3, -0.25) is 4.99 Å². The van der Waals surface area contributed by atoms with Crippen molar-refractivity contribution in [3.05, 3.63) is 65.5 Å². The lowest BCUT2D eigenvalue weighted by Crippen LogP contribution is -2.39. The van der Waals surface area contributed by atoms with Crippen LogP contribution in [-0.4, -0.2) is 36.9 Å². The Labute approximate surface area is 162 Å². The molecule has 3 N–H and O–H groups in total. The van der Waals surface area contributed by atoms with Crippen LogP contribution in [0.4, 0.5) is 13.2 Å². The summed E-state index contributed by atoms with van der Waals surface area (Å²) < 4.78 is 44.7. The largest absolute Gasteiger partial charge is 0.491 e. The van der Waals surface area contributed by atoms with E-state index in [1.807, 2.05) is 6.92 Å². The summed E-state index contributed by atoms with van der Waals surface area (Å²) in [6.45, 7) is 4.30. The van der Waals surface area contributed by atoms with E-state index in [1.165, 1.54) is 30.3 Å². The summed E-state index contributed by atoms with van der Waals surface area (Å²) >= 11 is 0. The molecule has 0 aliphatic heterocycles. The molecule has 0 heterocycles. The van der Waals surface area contributed by atoms with E-state index in [2.05, 4.69) is 15.6 Å². The summed E-state index contributed by atoms with van der Waals surface area (Å²) in [5.41, 5.74) is 0.560. The van der Waals surface area contributed by atoms with Crippen molar-refractivity contribution >= 4 is 5.96 Å². The van der Waals surface area contributed by atoms with Crippen LogP contribution in [0, 0.1) is 17.5 Å². The van der Waals surface area contributed by atoms with Crippen LogP contribution >= 0.6 is 0 Å². The zero-order chi connectivity index (χ0) is 20.5. The summed E-state index contributed by atoms with van der Waals surface area (Å²) in [4.78, 5) is 4.28. The average molecular weight is 395 g/mol. The number of guanidine groups is 1. The molecule has 152 valence electrons. The van der Waals surface area contributed by atoms with Crippen LogP contribution in [0.3, 0.4) is 0 Å². The number of benzene rings is 2. The van der Waals surface area contributed by atoms with Crippen LogP contribution in [0.15, 0.2) is 47.5 Å². The lowest BCUT2D eigenvalue weighted by Gasteiger charge is -2.19. The smallest absolute Gasteiger partial charge is 0.191 e. The second-order valence-corrected chi connectivity index (χ2v) is 6.18. The maximum Gasteiger partial charge on any atom is 0.191 e. The first kappa shape index (κ1) is 21.6.